The van der Waals surface area contributed by atoms with Crippen molar-refractivity contribution in [2.45, 2.75) is 26.3 Å². The number of thiazole rings is 1. The maximum atomic E-state index is 12.4. The molecule has 0 unspecified atom stereocenters. The molecule has 0 saturated heterocycles. The van der Waals surface area contributed by atoms with Gasteiger partial charge >= 0.3 is 0 Å². The first-order valence-electron chi connectivity index (χ1n) is 6.98. The number of amides is 1. The van der Waals surface area contributed by atoms with Gasteiger partial charge in [-0.25, -0.2) is 10.8 Å². The molecule has 5 nitrogen and oxygen atoms in total. The normalized spacial score (nSPS) is 12.6. The Morgan fingerprint density at radius 2 is 2.22 bits per heavy atom. The summed E-state index contributed by atoms with van der Waals surface area (Å²) in [4.78, 5) is 18.0. The molecule has 0 aliphatic carbocycles. The monoisotopic (exact) mass is 417 g/mol. The average molecular weight is 419 g/mol. The van der Waals surface area contributed by atoms with Crippen LogP contribution in [0.25, 0.3) is 11.3 Å². The molecule has 23 heavy (non-hydrogen) atoms. The Balaban J connectivity index is 0.00000192. The van der Waals surface area contributed by atoms with Crippen molar-refractivity contribution in [1.82, 2.24) is 9.99 Å². The molecule has 0 saturated carbocycles. The van der Waals surface area contributed by atoms with Crippen LogP contribution in [-0.2, 0) is 6.42 Å². The SMILES string of the molecule is CC(C)N(N)C(=O)c1nc2c(s1)CCOc1cc(Br)ccc1-2.Cl. The summed E-state index contributed by atoms with van der Waals surface area (Å²) in [6.07, 6.45) is 0.735. The topological polar surface area (TPSA) is 68.5 Å². The van der Waals surface area contributed by atoms with E-state index in [1.54, 1.807) is 0 Å². The third-order valence-corrected chi connectivity index (χ3v) is 5.05. The minimum Gasteiger partial charge on any atom is -0.492 e. The van der Waals surface area contributed by atoms with Gasteiger partial charge in [0.15, 0.2) is 5.01 Å². The molecule has 8 heteroatoms. The second-order valence-corrected chi connectivity index (χ2v) is 7.34. The maximum absolute atomic E-state index is 12.4. The molecule has 1 aliphatic heterocycles. The highest BCUT2D eigenvalue weighted by Crippen LogP contribution is 2.39. The third kappa shape index (κ3) is 3.52. The van der Waals surface area contributed by atoms with Crippen molar-refractivity contribution in [2.24, 2.45) is 5.84 Å². The molecular formula is C15H17BrClN3O2S. The Kier molecular flexibility index (Phi) is 5.67. The first kappa shape index (κ1) is 18.2. The van der Waals surface area contributed by atoms with Gasteiger partial charge in [0.2, 0.25) is 0 Å². The standard InChI is InChI=1S/C15H16BrN3O2S.ClH/c1-8(2)19(17)15(20)14-18-13-10-4-3-9(16)7-11(10)21-6-5-12(13)22-14;/h3-4,7-8H,5-6,17H2,1-2H3;1H. The van der Waals surface area contributed by atoms with Crippen LogP contribution in [0.15, 0.2) is 22.7 Å². The summed E-state index contributed by atoms with van der Waals surface area (Å²) in [5.41, 5.74) is 1.74. The van der Waals surface area contributed by atoms with Gasteiger partial charge in [0.1, 0.15) is 5.75 Å². The summed E-state index contributed by atoms with van der Waals surface area (Å²) in [6, 6.07) is 5.76. The number of rotatable bonds is 2. The summed E-state index contributed by atoms with van der Waals surface area (Å²) in [6.45, 7) is 4.32. The molecule has 2 heterocycles. The van der Waals surface area contributed by atoms with E-state index in [0.717, 1.165) is 32.8 Å². The van der Waals surface area contributed by atoms with Crippen LogP contribution in [0.3, 0.4) is 0 Å². The number of ether oxygens (including phenoxy) is 1. The van der Waals surface area contributed by atoms with Gasteiger partial charge in [0.05, 0.1) is 12.3 Å². The fraction of sp³-hybridized carbons (Fsp3) is 0.333. The number of hydrogen-bond acceptors (Lipinski definition) is 5. The number of carbonyl (C=O) groups is 1. The molecule has 0 radical (unpaired) electrons. The first-order chi connectivity index (χ1) is 10.5. The molecule has 0 fully saturated rings. The molecule has 3 rings (SSSR count). The van der Waals surface area contributed by atoms with E-state index in [1.165, 1.54) is 16.3 Å². The maximum Gasteiger partial charge on any atom is 0.296 e. The van der Waals surface area contributed by atoms with Crippen LogP contribution in [0, 0.1) is 0 Å². The van der Waals surface area contributed by atoms with E-state index >= 15 is 0 Å². The summed E-state index contributed by atoms with van der Waals surface area (Å²) >= 11 is 4.84. The number of nitrogens with two attached hydrogens (primary N) is 1. The predicted octanol–water partition coefficient (Wildman–Crippen LogP) is 3.65. The van der Waals surface area contributed by atoms with Gasteiger partial charge in [0, 0.05) is 27.4 Å². The van der Waals surface area contributed by atoms with Crippen molar-refractivity contribution in [3.63, 3.8) is 0 Å². The first-order valence-corrected chi connectivity index (χ1v) is 8.59. The minimum absolute atomic E-state index is 0. The third-order valence-electron chi connectivity index (χ3n) is 3.46. The van der Waals surface area contributed by atoms with Crippen molar-refractivity contribution in [1.29, 1.82) is 0 Å². The van der Waals surface area contributed by atoms with Gasteiger partial charge in [-0.3, -0.25) is 9.80 Å². The number of hydrazine groups is 1. The van der Waals surface area contributed by atoms with E-state index in [4.69, 9.17) is 10.6 Å². The zero-order chi connectivity index (χ0) is 15.9. The fourth-order valence-electron chi connectivity index (χ4n) is 2.23. The van der Waals surface area contributed by atoms with E-state index in [9.17, 15) is 4.79 Å². The molecule has 1 aromatic carbocycles. The van der Waals surface area contributed by atoms with Crippen LogP contribution in [0.1, 0.15) is 28.5 Å². The van der Waals surface area contributed by atoms with E-state index in [-0.39, 0.29) is 24.4 Å². The lowest BCUT2D eigenvalue weighted by molar-refractivity contribution is 0.0705. The van der Waals surface area contributed by atoms with Gasteiger partial charge in [-0.2, -0.15) is 0 Å². The average Bonchev–Trinajstić information content (AvgIpc) is 2.82. The van der Waals surface area contributed by atoms with Crippen LogP contribution >= 0.6 is 39.7 Å². The van der Waals surface area contributed by atoms with Crippen molar-refractivity contribution >= 4 is 45.6 Å². The Hall–Kier alpha value is -1.15. The number of benzene rings is 1. The van der Waals surface area contributed by atoms with Crippen molar-refractivity contribution < 1.29 is 9.53 Å². The predicted molar refractivity (Wildman–Crippen MR) is 97.2 cm³/mol. The molecule has 1 aromatic heterocycles. The van der Waals surface area contributed by atoms with E-state index < -0.39 is 0 Å². The molecule has 0 bridgehead atoms. The Labute approximate surface area is 153 Å². The van der Waals surface area contributed by atoms with Gasteiger partial charge in [-0.15, -0.1) is 23.7 Å². The van der Waals surface area contributed by atoms with Crippen LogP contribution in [0.5, 0.6) is 5.75 Å². The molecular weight excluding hydrogens is 402 g/mol. The minimum atomic E-state index is -0.243. The summed E-state index contributed by atoms with van der Waals surface area (Å²) in [5.74, 6) is 6.36. The number of nitrogens with zero attached hydrogens (tertiary/aromatic N) is 2. The second kappa shape index (κ2) is 7.17. The van der Waals surface area contributed by atoms with Crippen LogP contribution in [0.2, 0.25) is 0 Å². The van der Waals surface area contributed by atoms with Gasteiger partial charge < -0.3 is 4.74 Å². The Morgan fingerprint density at radius 1 is 1.48 bits per heavy atom. The highest BCUT2D eigenvalue weighted by molar-refractivity contribution is 9.10. The molecule has 124 valence electrons. The number of carbonyl (C=O) groups excluding carboxylic acids is 1. The molecule has 0 spiro atoms. The zero-order valence-corrected chi connectivity index (χ0v) is 15.9. The smallest absolute Gasteiger partial charge is 0.296 e. The Morgan fingerprint density at radius 3 is 2.91 bits per heavy atom. The van der Waals surface area contributed by atoms with E-state index in [1.807, 2.05) is 32.0 Å². The largest absolute Gasteiger partial charge is 0.492 e. The molecule has 1 amide bonds. The number of halogens is 2. The molecule has 2 N–H and O–H groups in total. The van der Waals surface area contributed by atoms with Crippen molar-refractivity contribution in [2.75, 3.05) is 6.61 Å². The highest BCUT2D eigenvalue weighted by atomic mass is 79.9. The number of hydrogen-bond donors (Lipinski definition) is 1. The summed E-state index contributed by atoms with van der Waals surface area (Å²) < 4.78 is 6.73. The highest BCUT2D eigenvalue weighted by Gasteiger charge is 2.25. The lowest BCUT2D eigenvalue weighted by Gasteiger charge is -2.19. The van der Waals surface area contributed by atoms with Crippen molar-refractivity contribution in [3.05, 3.63) is 32.6 Å². The van der Waals surface area contributed by atoms with Crippen LogP contribution < -0.4 is 10.6 Å². The number of fused-ring (bicyclic) bond motifs is 3. The van der Waals surface area contributed by atoms with Crippen LogP contribution in [-0.4, -0.2) is 28.5 Å². The molecule has 2 aromatic rings. The summed E-state index contributed by atoms with van der Waals surface area (Å²) in [7, 11) is 0. The zero-order valence-electron chi connectivity index (χ0n) is 12.7. The van der Waals surface area contributed by atoms with E-state index in [0.29, 0.717) is 11.6 Å². The van der Waals surface area contributed by atoms with Gasteiger partial charge in [0.25, 0.3) is 5.91 Å². The van der Waals surface area contributed by atoms with Gasteiger partial charge in [-0.1, -0.05) is 15.9 Å². The lowest BCUT2D eigenvalue weighted by Crippen LogP contribution is -2.42. The number of aromatic nitrogens is 1. The lowest BCUT2D eigenvalue weighted by atomic mass is 10.1. The second-order valence-electron chi connectivity index (χ2n) is 5.34. The summed E-state index contributed by atoms with van der Waals surface area (Å²) in [5, 5.41) is 1.65. The van der Waals surface area contributed by atoms with Crippen LogP contribution in [0.4, 0.5) is 0 Å². The molecule has 1 aliphatic rings. The quantitative estimate of drug-likeness (QED) is 0.459. The van der Waals surface area contributed by atoms with Crippen molar-refractivity contribution in [3.8, 4) is 17.0 Å². The van der Waals surface area contributed by atoms with Gasteiger partial charge in [-0.05, 0) is 32.0 Å². The molecule has 0 atom stereocenters. The van der Waals surface area contributed by atoms with E-state index in [2.05, 4.69) is 20.9 Å². The fourth-order valence-corrected chi connectivity index (χ4v) is 3.57. The Bertz CT molecular complexity index is 736.